The number of carboxylic acid groups (broad SMARTS) is 1. The summed E-state index contributed by atoms with van der Waals surface area (Å²) in [4.78, 5) is 50.8. The first-order valence-electron chi connectivity index (χ1n) is 12.2. The van der Waals surface area contributed by atoms with Gasteiger partial charge in [-0.1, -0.05) is 11.6 Å². The third kappa shape index (κ3) is 7.20. The van der Waals surface area contributed by atoms with Gasteiger partial charge < -0.3 is 25.4 Å². The van der Waals surface area contributed by atoms with Crippen molar-refractivity contribution in [2.24, 2.45) is 5.92 Å². The minimum Gasteiger partial charge on any atom is -0.478 e. The maximum atomic E-state index is 13.2. The van der Waals surface area contributed by atoms with E-state index in [2.05, 4.69) is 26.2 Å². The SMILES string of the molecule is COC(=O)N1CCC(C[C@H](NC(=O)C=Cc2cc(Cl)ccc2-n2cnnn2)C(=O)Nc2ccc(C(=O)O)cc2)C1. The molecule has 2 heterocycles. The maximum absolute atomic E-state index is 13.2. The molecule has 1 unspecified atom stereocenters. The highest BCUT2D eigenvalue weighted by atomic mass is 35.5. The summed E-state index contributed by atoms with van der Waals surface area (Å²) in [5, 5.41) is 26.1. The molecular weight excluding hydrogens is 542 g/mol. The van der Waals surface area contributed by atoms with E-state index in [9.17, 15) is 19.2 Å². The monoisotopic (exact) mass is 567 g/mol. The van der Waals surface area contributed by atoms with E-state index in [0.717, 1.165) is 0 Å². The lowest BCUT2D eigenvalue weighted by Gasteiger charge is -2.21. The van der Waals surface area contributed by atoms with Crippen LogP contribution in [-0.2, 0) is 14.3 Å². The average molecular weight is 568 g/mol. The van der Waals surface area contributed by atoms with Crippen molar-refractivity contribution in [3.8, 4) is 5.69 Å². The van der Waals surface area contributed by atoms with Gasteiger partial charge in [0.1, 0.15) is 12.4 Å². The third-order valence-electron chi connectivity index (χ3n) is 6.32. The highest BCUT2D eigenvalue weighted by Crippen LogP contribution is 2.23. The number of amides is 3. The van der Waals surface area contributed by atoms with Crippen LogP contribution in [0.4, 0.5) is 10.5 Å². The summed E-state index contributed by atoms with van der Waals surface area (Å²) in [6.45, 7) is 0.859. The highest BCUT2D eigenvalue weighted by molar-refractivity contribution is 6.30. The van der Waals surface area contributed by atoms with Crippen LogP contribution in [-0.4, -0.2) is 80.3 Å². The van der Waals surface area contributed by atoms with Crippen molar-refractivity contribution < 1.29 is 29.0 Å². The fourth-order valence-electron chi connectivity index (χ4n) is 4.33. The second kappa shape index (κ2) is 12.8. The van der Waals surface area contributed by atoms with Crippen LogP contribution in [0.25, 0.3) is 11.8 Å². The zero-order valence-electron chi connectivity index (χ0n) is 21.4. The predicted octanol–water partition coefficient (Wildman–Crippen LogP) is 2.63. The Morgan fingerprint density at radius 3 is 2.65 bits per heavy atom. The lowest BCUT2D eigenvalue weighted by atomic mass is 9.98. The van der Waals surface area contributed by atoms with Crippen LogP contribution in [0.1, 0.15) is 28.8 Å². The molecule has 1 fully saturated rings. The molecule has 1 aliphatic rings. The molecule has 3 N–H and O–H groups in total. The van der Waals surface area contributed by atoms with E-state index in [4.69, 9.17) is 21.4 Å². The van der Waals surface area contributed by atoms with Crippen molar-refractivity contribution in [2.45, 2.75) is 18.9 Å². The van der Waals surface area contributed by atoms with Crippen LogP contribution in [0.2, 0.25) is 5.02 Å². The van der Waals surface area contributed by atoms with Gasteiger partial charge in [-0.05, 0) is 77.7 Å². The van der Waals surface area contributed by atoms with E-state index in [1.165, 1.54) is 54.5 Å². The van der Waals surface area contributed by atoms with Gasteiger partial charge in [-0.15, -0.1) is 5.10 Å². The number of tetrazole rings is 1. The van der Waals surface area contributed by atoms with Crippen LogP contribution in [0.5, 0.6) is 0 Å². The van der Waals surface area contributed by atoms with Gasteiger partial charge in [0.15, 0.2) is 0 Å². The van der Waals surface area contributed by atoms with Gasteiger partial charge in [-0.2, -0.15) is 4.68 Å². The fourth-order valence-corrected chi connectivity index (χ4v) is 4.52. The van der Waals surface area contributed by atoms with Gasteiger partial charge in [0.05, 0.1) is 18.4 Å². The van der Waals surface area contributed by atoms with Crippen LogP contribution in [0, 0.1) is 5.92 Å². The number of hydrogen-bond acceptors (Lipinski definition) is 8. The summed E-state index contributed by atoms with van der Waals surface area (Å²) >= 11 is 6.15. The predicted molar refractivity (Wildman–Crippen MR) is 144 cm³/mol. The Morgan fingerprint density at radius 1 is 1.20 bits per heavy atom. The summed E-state index contributed by atoms with van der Waals surface area (Å²) in [5.41, 5.74) is 1.60. The Labute approximate surface area is 233 Å². The quantitative estimate of drug-likeness (QED) is 0.329. The number of hydrogen-bond donors (Lipinski definition) is 3. The molecule has 0 radical (unpaired) electrons. The number of anilines is 1. The molecule has 0 spiro atoms. The van der Waals surface area contributed by atoms with Gasteiger partial charge >= 0.3 is 12.1 Å². The third-order valence-corrected chi connectivity index (χ3v) is 6.55. The van der Waals surface area contributed by atoms with Crippen molar-refractivity contribution in [3.05, 3.63) is 71.0 Å². The minimum absolute atomic E-state index is 0.0622. The summed E-state index contributed by atoms with van der Waals surface area (Å²) in [5.74, 6) is -2.17. The first kappa shape index (κ1) is 28.2. The number of nitrogens with zero attached hydrogens (tertiary/aromatic N) is 5. The zero-order valence-corrected chi connectivity index (χ0v) is 22.1. The summed E-state index contributed by atoms with van der Waals surface area (Å²) in [7, 11) is 1.30. The Morgan fingerprint density at radius 2 is 1.98 bits per heavy atom. The number of aromatic carboxylic acids is 1. The first-order chi connectivity index (χ1) is 19.2. The molecule has 2 aromatic carbocycles. The Hall–Kier alpha value is -4.78. The second-order valence-corrected chi connectivity index (χ2v) is 9.47. The van der Waals surface area contributed by atoms with Gasteiger partial charge in [0.2, 0.25) is 11.8 Å². The van der Waals surface area contributed by atoms with E-state index in [1.807, 2.05) is 0 Å². The van der Waals surface area contributed by atoms with Crippen LogP contribution in [0.15, 0.2) is 54.9 Å². The molecule has 1 aromatic heterocycles. The number of ether oxygens (including phenoxy) is 1. The molecule has 0 aliphatic carbocycles. The topological polar surface area (TPSA) is 169 Å². The average Bonchev–Trinajstić information content (AvgIpc) is 3.64. The molecule has 13 nitrogen and oxygen atoms in total. The molecule has 3 aromatic rings. The summed E-state index contributed by atoms with van der Waals surface area (Å²) in [6.07, 6.45) is 4.66. The largest absolute Gasteiger partial charge is 0.478 e. The molecule has 1 saturated heterocycles. The Kier molecular flexibility index (Phi) is 9.07. The van der Waals surface area contributed by atoms with Crippen molar-refractivity contribution >= 4 is 47.2 Å². The molecule has 4 rings (SSSR count). The van der Waals surface area contributed by atoms with E-state index in [0.29, 0.717) is 41.5 Å². The number of halogens is 1. The lowest BCUT2D eigenvalue weighted by molar-refractivity contribution is -0.124. The van der Waals surface area contributed by atoms with Crippen LogP contribution < -0.4 is 10.6 Å². The lowest BCUT2D eigenvalue weighted by Crippen LogP contribution is -2.44. The number of aromatic nitrogens is 4. The first-order valence-corrected chi connectivity index (χ1v) is 12.6. The van der Waals surface area contributed by atoms with Gasteiger partial charge in [0, 0.05) is 35.4 Å². The van der Waals surface area contributed by atoms with Crippen molar-refractivity contribution in [1.29, 1.82) is 0 Å². The van der Waals surface area contributed by atoms with E-state index in [-0.39, 0.29) is 17.9 Å². The van der Waals surface area contributed by atoms with Gasteiger partial charge in [-0.25, -0.2) is 9.59 Å². The number of rotatable bonds is 9. The molecular formula is C26H26ClN7O6. The molecule has 208 valence electrons. The number of carbonyl (C=O) groups is 4. The number of benzene rings is 2. The zero-order chi connectivity index (χ0) is 28.6. The van der Waals surface area contributed by atoms with Crippen molar-refractivity contribution in [3.63, 3.8) is 0 Å². The minimum atomic E-state index is -1.09. The molecule has 0 bridgehead atoms. The van der Waals surface area contributed by atoms with Crippen LogP contribution >= 0.6 is 11.6 Å². The summed E-state index contributed by atoms with van der Waals surface area (Å²) in [6, 6.07) is 9.74. The highest BCUT2D eigenvalue weighted by Gasteiger charge is 2.31. The standard InChI is InChI=1S/C26H26ClN7O6/c1-40-26(39)33-11-10-16(14-33)12-21(24(36)29-20-6-2-17(3-7-20)25(37)38)30-23(35)9-4-18-13-19(27)5-8-22(18)34-15-28-31-32-34/h2-9,13,15-16,21H,10-12,14H2,1H3,(H,29,36)(H,30,35)(H,37,38)/t16?,21-/m0/s1. The van der Waals surface area contributed by atoms with E-state index in [1.54, 1.807) is 23.1 Å². The van der Waals surface area contributed by atoms with E-state index < -0.39 is 29.9 Å². The molecule has 1 aliphatic heterocycles. The number of carboxylic acids is 1. The number of methoxy groups -OCH3 is 1. The number of carbonyl (C=O) groups excluding carboxylic acids is 3. The smallest absolute Gasteiger partial charge is 0.409 e. The fraction of sp³-hybridized carbons (Fsp3) is 0.269. The maximum Gasteiger partial charge on any atom is 0.409 e. The molecule has 40 heavy (non-hydrogen) atoms. The van der Waals surface area contributed by atoms with Crippen LogP contribution in [0.3, 0.4) is 0 Å². The van der Waals surface area contributed by atoms with E-state index >= 15 is 0 Å². The Balaban J connectivity index is 1.49. The normalized spacial score (nSPS) is 15.6. The number of nitrogens with one attached hydrogen (secondary N) is 2. The Bertz CT molecular complexity index is 1410. The number of likely N-dealkylation sites (tertiary alicyclic amines) is 1. The van der Waals surface area contributed by atoms with Gasteiger partial charge in [0.25, 0.3) is 0 Å². The summed E-state index contributed by atoms with van der Waals surface area (Å²) < 4.78 is 6.21. The van der Waals surface area contributed by atoms with Gasteiger partial charge in [-0.3, -0.25) is 9.59 Å². The molecule has 14 heteroatoms. The van der Waals surface area contributed by atoms with Crippen molar-refractivity contribution in [2.75, 3.05) is 25.5 Å². The second-order valence-electron chi connectivity index (χ2n) is 9.03. The molecule has 2 atom stereocenters. The van der Waals surface area contributed by atoms with Crippen molar-refractivity contribution in [1.82, 2.24) is 30.4 Å². The molecule has 3 amide bonds. The molecule has 0 saturated carbocycles.